The Kier molecular flexibility index (Phi) is 3.23. The zero-order chi connectivity index (χ0) is 10.8. The van der Waals surface area contributed by atoms with Crippen molar-refractivity contribution in [3.05, 3.63) is 0 Å². The maximum Gasteiger partial charge on any atom is 0.223 e. The predicted molar refractivity (Wildman–Crippen MR) is 58.8 cm³/mol. The molecule has 0 spiro atoms. The van der Waals surface area contributed by atoms with Crippen molar-refractivity contribution in [1.29, 1.82) is 0 Å². The topological polar surface area (TPSA) is 43.1 Å². The van der Waals surface area contributed by atoms with E-state index in [0.29, 0.717) is 5.41 Å². The molecule has 0 bridgehead atoms. The van der Waals surface area contributed by atoms with E-state index in [4.69, 9.17) is 5.73 Å². The fourth-order valence-electron chi connectivity index (χ4n) is 2.51. The van der Waals surface area contributed by atoms with E-state index in [1.165, 1.54) is 12.8 Å². The Morgan fingerprint density at radius 2 is 1.71 bits per heavy atom. The molecule has 1 aliphatic rings. The summed E-state index contributed by atoms with van der Waals surface area (Å²) in [6, 6.07) is 0. The van der Waals surface area contributed by atoms with Gasteiger partial charge in [-0.2, -0.15) is 0 Å². The fraction of sp³-hybridized carbons (Fsp3) is 0.917. The molecule has 0 saturated heterocycles. The number of primary amides is 1. The van der Waals surface area contributed by atoms with Gasteiger partial charge >= 0.3 is 0 Å². The average Bonchev–Trinajstić information content (AvgIpc) is 2.11. The third kappa shape index (κ3) is 2.28. The van der Waals surface area contributed by atoms with Gasteiger partial charge in [0, 0.05) is 5.41 Å². The lowest BCUT2D eigenvalue weighted by Gasteiger charge is -2.41. The molecule has 2 heteroatoms. The monoisotopic (exact) mass is 197 g/mol. The Labute approximate surface area is 87.2 Å². The number of carbonyl (C=O) groups is 1. The fourth-order valence-corrected chi connectivity index (χ4v) is 2.51. The first-order valence-corrected chi connectivity index (χ1v) is 5.72. The highest BCUT2D eigenvalue weighted by molar-refractivity contribution is 5.80. The second kappa shape index (κ2) is 3.92. The van der Waals surface area contributed by atoms with Crippen molar-refractivity contribution < 1.29 is 4.79 Å². The molecule has 2 nitrogen and oxygen atoms in total. The molecule has 1 aliphatic carbocycles. The second-order valence-corrected chi connectivity index (χ2v) is 5.49. The van der Waals surface area contributed by atoms with Gasteiger partial charge in [-0.25, -0.2) is 0 Å². The molecule has 1 fully saturated rings. The van der Waals surface area contributed by atoms with Gasteiger partial charge in [0.1, 0.15) is 0 Å². The standard InChI is InChI=1S/C12H23NO/c1-4-5-11(2)6-8-12(3,9-7-11)10(13)14/h4-9H2,1-3H3,(H2,13,14). The second-order valence-electron chi connectivity index (χ2n) is 5.49. The lowest BCUT2D eigenvalue weighted by atomic mass is 9.63. The van der Waals surface area contributed by atoms with Gasteiger partial charge in [0.15, 0.2) is 0 Å². The van der Waals surface area contributed by atoms with E-state index in [1.54, 1.807) is 0 Å². The van der Waals surface area contributed by atoms with E-state index in [0.717, 1.165) is 25.7 Å². The van der Waals surface area contributed by atoms with Crippen LogP contribution >= 0.6 is 0 Å². The molecule has 0 atom stereocenters. The van der Waals surface area contributed by atoms with Crippen molar-refractivity contribution in [3.8, 4) is 0 Å². The molecule has 0 aromatic heterocycles. The molecule has 1 amide bonds. The minimum Gasteiger partial charge on any atom is -0.369 e. The van der Waals surface area contributed by atoms with E-state index >= 15 is 0 Å². The van der Waals surface area contributed by atoms with Gasteiger partial charge in [0.2, 0.25) is 5.91 Å². The molecule has 0 aromatic carbocycles. The van der Waals surface area contributed by atoms with Crippen LogP contribution in [0.5, 0.6) is 0 Å². The summed E-state index contributed by atoms with van der Waals surface area (Å²) >= 11 is 0. The van der Waals surface area contributed by atoms with E-state index in [-0.39, 0.29) is 11.3 Å². The van der Waals surface area contributed by atoms with Crippen LogP contribution in [0.1, 0.15) is 59.3 Å². The molecule has 0 heterocycles. The minimum atomic E-state index is -0.229. The van der Waals surface area contributed by atoms with E-state index in [9.17, 15) is 4.79 Å². The summed E-state index contributed by atoms with van der Waals surface area (Å²) in [7, 11) is 0. The van der Waals surface area contributed by atoms with Crippen molar-refractivity contribution in [2.45, 2.75) is 59.3 Å². The molecule has 0 radical (unpaired) electrons. The van der Waals surface area contributed by atoms with E-state index in [2.05, 4.69) is 13.8 Å². The van der Waals surface area contributed by atoms with Crippen LogP contribution in [0, 0.1) is 10.8 Å². The molecule has 14 heavy (non-hydrogen) atoms. The van der Waals surface area contributed by atoms with Crippen LogP contribution in [0.25, 0.3) is 0 Å². The summed E-state index contributed by atoms with van der Waals surface area (Å²) in [6.45, 7) is 6.59. The summed E-state index contributed by atoms with van der Waals surface area (Å²) in [5.74, 6) is -0.115. The maximum atomic E-state index is 11.3. The first-order chi connectivity index (χ1) is 6.42. The predicted octanol–water partition coefficient (Wildman–Crippen LogP) is 2.86. The minimum absolute atomic E-state index is 0.115. The van der Waals surface area contributed by atoms with Gasteiger partial charge in [-0.15, -0.1) is 0 Å². The molecule has 0 aromatic rings. The van der Waals surface area contributed by atoms with Crippen LogP contribution in [-0.2, 0) is 4.79 Å². The van der Waals surface area contributed by atoms with Crippen LogP contribution in [-0.4, -0.2) is 5.91 Å². The van der Waals surface area contributed by atoms with E-state index in [1.807, 2.05) is 6.92 Å². The number of rotatable bonds is 3. The molecule has 2 N–H and O–H groups in total. The van der Waals surface area contributed by atoms with Gasteiger partial charge < -0.3 is 5.73 Å². The van der Waals surface area contributed by atoms with Crippen LogP contribution < -0.4 is 5.73 Å². The normalized spacial score (nSPS) is 38.2. The van der Waals surface area contributed by atoms with Gasteiger partial charge in [0.05, 0.1) is 0 Å². The molecule has 1 rings (SSSR count). The largest absolute Gasteiger partial charge is 0.369 e. The van der Waals surface area contributed by atoms with Gasteiger partial charge in [-0.05, 0) is 37.5 Å². The number of hydrogen-bond acceptors (Lipinski definition) is 1. The third-order valence-corrected chi connectivity index (χ3v) is 4.01. The van der Waals surface area contributed by atoms with E-state index < -0.39 is 0 Å². The molecule has 0 unspecified atom stereocenters. The zero-order valence-corrected chi connectivity index (χ0v) is 9.73. The summed E-state index contributed by atoms with van der Waals surface area (Å²) in [6.07, 6.45) is 6.77. The highest BCUT2D eigenvalue weighted by atomic mass is 16.1. The van der Waals surface area contributed by atoms with Gasteiger partial charge in [0.25, 0.3) is 0 Å². The summed E-state index contributed by atoms with van der Waals surface area (Å²) in [5, 5.41) is 0. The van der Waals surface area contributed by atoms with Crippen LogP contribution in [0.2, 0.25) is 0 Å². The Morgan fingerprint density at radius 1 is 1.21 bits per heavy atom. The van der Waals surface area contributed by atoms with Crippen LogP contribution in [0.4, 0.5) is 0 Å². The lowest BCUT2D eigenvalue weighted by molar-refractivity contribution is -0.129. The molecular weight excluding hydrogens is 174 g/mol. The Balaban J connectivity index is 2.57. The molecule has 0 aliphatic heterocycles. The van der Waals surface area contributed by atoms with Gasteiger partial charge in [-0.3, -0.25) is 4.79 Å². The third-order valence-electron chi connectivity index (χ3n) is 4.01. The Morgan fingerprint density at radius 3 is 2.07 bits per heavy atom. The van der Waals surface area contributed by atoms with Crippen LogP contribution in [0.15, 0.2) is 0 Å². The summed E-state index contributed by atoms with van der Waals surface area (Å²) in [4.78, 5) is 11.3. The Bertz CT molecular complexity index is 214. The number of amides is 1. The lowest BCUT2D eigenvalue weighted by Crippen LogP contribution is -2.40. The maximum absolute atomic E-state index is 11.3. The first-order valence-electron chi connectivity index (χ1n) is 5.72. The summed E-state index contributed by atoms with van der Waals surface area (Å²) < 4.78 is 0. The van der Waals surface area contributed by atoms with Crippen molar-refractivity contribution in [3.63, 3.8) is 0 Å². The number of carbonyl (C=O) groups excluding carboxylic acids is 1. The SMILES string of the molecule is CCCC1(C)CCC(C)(C(N)=O)CC1. The quantitative estimate of drug-likeness (QED) is 0.742. The molecule has 1 saturated carbocycles. The van der Waals surface area contributed by atoms with Crippen molar-refractivity contribution in [1.82, 2.24) is 0 Å². The molecule has 82 valence electrons. The highest BCUT2D eigenvalue weighted by Gasteiger charge is 2.40. The molecular formula is C12H23NO. The number of hydrogen-bond donors (Lipinski definition) is 1. The van der Waals surface area contributed by atoms with Crippen LogP contribution in [0.3, 0.4) is 0 Å². The smallest absolute Gasteiger partial charge is 0.223 e. The summed E-state index contributed by atoms with van der Waals surface area (Å²) in [5.41, 5.74) is 5.66. The van der Waals surface area contributed by atoms with Crippen molar-refractivity contribution >= 4 is 5.91 Å². The van der Waals surface area contributed by atoms with Gasteiger partial charge in [-0.1, -0.05) is 27.2 Å². The first kappa shape index (κ1) is 11.5. The zero-order valence-electron chi connectivity index (χ0n) is 9.73. The number of nitrogens with two attached hydrogens (primary N) is 1. The average molecular weight is 197 g/mol. The Hall–Kier alpha value is -0.530. The van der Waals surface area contributed by atoms with Crippen molar-refractivity contribution in [2.75, 3.05) is 0 Å². The highest BCUT2D eigenvalue weighted by Crippen LogP contribution is 2.47. The van der Waals surface area contributed by atoms with Crippen molar-refractivity contribution in [2.24, 2.45) is 16.6 Å².